The summed E-state index contributed by atoms with van der Waals surface area (Å²) in [7, 11) is 0. The Labute approximate surface area is 188 Å². The van der Waals surface area contributed by atoms with Gasteiger partial charge in [-0.1, -0.05) is 24.3 Å². The number of nitrogens with one attached hydrogen (secondary N) is 2. The minimum Gasteiger partial charge on any atom is -0.375 e. The van der Waals surface area contributed by atoms with Crippen molar-refractivity contribution in [2.75, 3.05) is 37.7 Å². The van der Waals surface area contributed by atoms with Gasteiger partial charge in [-0.25, -0.2) is 9.78 Å². The molecule has 7 heteroatoms. The number of rotatable bonds is 4. The van der Waals surface area contributed by atoms with Crippen molar-refractivity contribution >= 4 is 22.8 Å². The second kappa shape index (κ2) is 9.20. The highest BCUT2D eigenvalue weighted by Crippen LogP contribution is 2.33. The van der Waals surface area contributed by atoms with Crippen LogP contribution >= 0.6 is 0 Å². The van der Waals surface area contributed by atoms with Crippen molar-refractivity contribution in [1.82, 2.24) is 20.2 Å². The van der Waals surface area contributed by atoms with Crippen LogP contribution in [0, 0.1) is 0 Å². The van der Waals surface area contributed by atoms with Crippen LogP contribution in [0.3, 0.4) is 0 Å². The lowest BCUT2D eigenvalue weighted by Crippen LogP contribution is -2.43. The largest absolute Gasteiger partial charge is 0.375 e. The first kappa shape index (κ1) is 20.8. The molecule has 2 amide bonds. The third-order valence-corrected chi connectivity index (χ3v) is 6.66. The number of hydrogen-bond acceptors (Lipinski definition) is 4. The summed E-state index contributed by atoms with van der Waals surface area (Å²) in [6.07, 6.45) is 6.20. The second-order valence-corrected chi connectivity index (χ2v) is 8.86. The Morgan fingerprint density at radius 2 is 2.03 bits per heavy atom. The van der Waals surface area contributed by atoms with E-state index in [1.165, 1.54) is 16.5 Å². The number of carbonyl (C=O) groups excluding carboxylic acids is 1. The monoisotopic (exact) mass is 433 g/mol. The summed E-state index contributed by atoms with van der Waals surface area (Å²) in [5, 5.41) is 4.36. The van der Waals surface area contributed by atoms with Gasteiger partial charge in [0.2, 0.25) is 0 Å². The fourth-order valence-corrected chi connectivity index (χ4v) is 4.85. The summed E-state index contributed by atoms with van der Waals surface area (Å²) in [6.45, 7) is 6.59. The number of nitrogens with zero attached hydrogens (tertiary/aromatic N) is 3. The van der Waals surface area contributed by atoms with E-state index in [0.29, 0.717) is 12.5 Å². The molecule has 7 nitrogen and oxygen atoms in total. The van der Waals surface area contributed by atoms with E-state index in [1.54, 1.807) is 0 Å². The van der Waals surface area contributed by atoms with E-state index in [-0.39, 0.29) is 12.1 Å². The Kier molecular flexibility index (Phi) is 5.99. The standard InChI is InChI=1S/C25H31N5O2/c1-18-17-30(12-13-32-18)24-7-6-19(14-27-24)15-28-25(31)29-10-8-20(9-11-29)22-16-26-23-5-3-2-4-21(22)23/h2-7,14,16,18,20,26H,8-13,15,17H2,1H3,(H,28,31)/t18-/m0/s1. The molecule has 0 unspecified atom stereocenters. The first-order chi connectivity index (χ1) is 15.7. The Hall–Kier alpha value is -3.06. The van der Waals surface area contributed by atoms with Crippen LogP contribution in [0.2, 0.25) is 0 Å². The SMILES string of the molecule is C[C@H]1CN(c2ccc(CNC(=O)N3CCC(c4c[nH]c5ccccc45)CC3)cn2)CCO1. The maximum Gasteiger partial charge on any atom is 0.317 e. The lowest BCUT2D eigenvalue weighted by atomic mass is 9.89. The lowest BCUT2D eigenvalue weighted by Gasteiger charge is -2.32. The van der Waals surface area contributed by atoms with Crippen LogP contribution < -0.4 is 10.2 Å². The minimum absolute atomic E-state index is 0.00783. The van der Waals surface area contributed by atoms with Crippen molar-refractivity contribution in [2.45, 2.75) is 38.3 Å². The zero-order chi connectivity index (χ0) is 21.9. The number of aromatic nitrogens is 2. The molecule has 4 heterocycles. The van der Waals surface area contributed by atoms with E-state index in [4.69, 9.17) is 4.74 Å². The van der Waals surface area contributed by atoms with Crippen LogP contribution in [-0.4, -0.2) is 59.8 Å². The predicted octanol–water partition coefficient (Wildman–Crippen LogP) is 3.88. The quantitative estimate of drug-likeness (QED) is 0.655. The minimum atomic E-state index is 0.00783. The smallest absolute Gasteiger partial charge is 0.317 e. The Bertz CT molecular complexity index is 1060. The molecule has 0 bridgehead atoms. The molecule has 2 fully saturated rings. The van der Waals surface area contributed by atoms with E-state index in [1.807, 2.05) is 23.2 Å². The number of pyridine rings is 1. The number of likely N-dealkylation sites (tertiary alicyclic amines) is 1. The summed E-state index contributed by atoms with van der Waals surface area (Å²) in [5.74, 6) is 1.46. The zero-order valence-electron chi connectivity index (χ0n) is 18.6. The Balaban J connectivity index is 1.11. The van der Waals surface area contributed by atoms with Crippen molar-refractivity contribution in [3.05, 3.63) is 59.9 Å². The molecule has 1 aromatic carbocycles. The number of hydrogen-bond donors (Lipinski definition) is 2. The van der Waals surface area contributed by atoms with E-state index in [9.17, 15) is 4.79 Å². The van der Waals surface area contributed by atoms with E-state index < -0.39 is 0 Å². The number of fused-ring (bicyclic) bond motifs is 1. The van der Waals surface area contributed by atoms with Gasteiger partial charge in [-0.3, -0.25) is 0 Å². The topological polar surface area (TPSA) is 73.5 Å². The molecule has 2 aliphatic rings. The van der Waals surface area contributed by atoms with Gasteiger partial charge in [0.1, 0.15) is 5.82 Å². The highest BCUT2D eigenvalue weighted by atomic mass is 16.5. The van der Waals surface area contributed by atoms with Gasteiger partial charge < -0.3 is 24.8 Å². The highest BCUT2D eigenvalue weighted by Gasteiger charge is 2.25. The molecule has 168 valence electrons. The molecule has 1 atom stereocenters. The summed E-state index contributed by atoms with van der Waals surface area (Å²) < 4.78 is 5.60. The van der Waals surface area contributed by atoms with Gasteiger partial charge in [0.25, 0.3) is 0 Å². The number of para-hydroxylation sites is 1. The van der Waals surface area contributed by atoms with Crippen molar-refractivity contribution in [1.29, 1.82) is 0 Å². The highest BCUT2D eigenvalue weighted by molar-refractivity contribution is 5.83. The number of urea groups is 1. The first-order valence-electron chi connectivity index (χ1n) is 11.6. The summed E-state index contributed by atoms with van der Waals surface area (Å²) in [6, 6.07) is 12.5. The molecule has 0 radical (unpaired) electrons. The average Bonchev–Trinajstić information content (AvgIpc) is 3.27. The number of morpholine rings is 1. The number of carbonyl (C=O) groups is 1. The van der Waals surface area contributed by atoms with Crippen molar-refractivity contribution in [3.8, 4) is 0 Å². The Morgan fingerprint density at radius 1 is 1.19 bits per heavy atom. The van der Waals surface area contributed by atoms with Gasteiger partial charge in [0.15, 0.2) is 0 Å². The van der Waals surface area contributed by atoms with E-state index in [0.717, 1.165) is 57.0 Å². The molecule has 2 saturated heterocycles. The molecular weight excluding hydrogens is 402 g/mol. The number of benzene rings is 1. The molecule has 2 aliphatic heterocycles. The molecule has 5 rings (SSSR count). The zero-order valence-corrected chi connectivity index (χ0v) is 18.6. The van der Waals surface area contributed by atoms with Crippen LogP contribution in [0.15, 0.2) is 48.8 Å². The fourth-order valence-electron chi connectivity index (χ4n) is 4.85. The average molecular weight is 434 g/mol. The van der Waals surface area contributed by atoms with E-state index >= 15 is 0 Å². The van der Waals surface area contributed by atoms with Crippen LogP contribution in [0.4, 0.5) is 10.6 Å². The number of ether oxygens (including phenoxy) is 1. The molecule has 0 spiro atoms. The molecule has 0 saturated carbocycles. The summed E-state index contributed by atoms with van der Waals surface area (Å²) in [5.41, 5.74) is 3.57. The predicted molar refractivity (Wildman–Crippen MR) is 126 cm³/mol. The molecule has 3 aromatic rings. The number of H-pyrrole nitrogens is 1. The van der Waals surface area contributed by atoms with Gasteiger partial charge in [0, 0.05) is 56.0 Å². The number of piperidine rings is 1. The maximum absolute atomic E-state index is 12.7. The number of anilines is 1. The summed E-state index contributed by atoms with van der Waals surface area (Å²) >= 11 is 0. The van der Waals surface area contributed by atoms with Gasteiger partial charge in [-0.05, 0) is 48.9 Å². The van der Waals surface area contributed by atoms with Crippen molar-refractivity contribution < 1.29 is 9.53 Å². The molecular formula is C25H31N5O2. The van der Waals surface area contributed by atoms with Crippen molar-refractivity contribution in [2.24, 2.45) is 0 Å². The van der Waals surface area contributed by atoms with Crippen molar-refractivity contribution in [3.63, 3.8) is 0 Å². The lowest BCUT2D eigenvalue weighted by molar-refractivity contribution is 0.0529. The van der Waals surface area contributed by atoms with Crippen LogP contribution in [0.25, 0.3) is 10.9 Å². The van der Waals surface area contributed by atoms with Gasteiger partial charge in [-0.2, -0.15) is 0 Å². The number of amides is 2. The summed E-state index contributed by atoms with van der Waals surface area (Å²) in [4.78, 5) is 24.8. The molecule has 2 aromatic heterocycles. The molecule has 2 N–H and O–H groups in total. The Morgan fingerprint density at radius 3 is 2.81 bits per heavy atom. The molecule has 0 aliphatic carbocycles. The fraction of sp³-hybridized carbons (Fsp3) is 0.440. The molecule has 32 heavy (non-hydrogen) atoms. The van der Waals surface area contributed by atoms with Crippen LogP contribution in [-0.2, 0) is 11.3 Å². The van der Waals surface area contributed by atoms with Crippen LogP contribution in [0.5, 0.6) is 0 Å². The van der Waals surface area contributed by atoms with Gasteiger partial charge >= 0.3 is 6.03 Å². The number of aromatic amines is 1. The first-order valence-corrected chi connectivity index (χ1v) is 11.6. The normalized spacial score (nSPS) is 20.0. The van der Waals surface area contributed by atoms with E-state index in [2.05, 4.69) is 57.6 Å². The second-order valence-electron chi connectivity index (χ2n) is 8.86. The maximum atomic E-state index is 12.7. The third kappa shape index (κ3) is 4.43. The third-order valence-electron chi connectivity index (χ3n) is 6.66. The van der Waals surface area contributed by atoms with Gasteiger partial charge in [0.05, 0.1) is 12.7 Å². The van der Waals surface area contributed by atoms with Gasteiger partial charge in [-0.15, -0.1) is 0 Å². The van der Waals surface area contributed by atoms with Crippen LogP contribution in [0.1, 0.15) is 36.8 Å².